The van der Waals surface area contributed by atoms with Crippen molar-refractivity contribution in [3.8, 4) is 0 Å². The van der Waals surface area contributed by atoms with Crippen molar-refractivity contribution in [3.05, 3.63) is 78.5 Å². The minimum Gasteiger partial charge on any atom is -0.354 e. The topological polar surface area (TPSA) is 20.7 Å². The Morgan fingerprint density at radius 1 is 0.880 bits per heavy atom. The van der Waals surface area contributed by atoms with Crippen LogP contribution < -0.4 is 0 Å². The maximum absolute atomic E-state index is 3.57. The molecule has 6 rings (SSSR count). The fraction of sp³-hybridized carbons (Fsp3) is 0.0909. The fourth-order valence-corrected chi connectivity index (χ4v) is 5.45. The van der Waals surface area contributed by atoms with Gasteiger partial charge in [0.2, 0.25) is 0 Å². The fourth-order valence-electron chi connectivity index (χ4n) is 4.15. The number of aromatic nitrogens is 2. The summed E-state index contributed by atoms with van der Waals surface area (Å²) in [5.74, 6) is 0. The van der Waals surface area contributed by atoms with Crippen molar-refractivity contribution in [2.75, 3.05) is 0 Å². The van der Waals surface area contributed by atoms with Crippen LogP contribution in [0.5, 0.6) is 0 Å². The number of para-hydroxylation sites is 1. The molecule has 5 aromatic rings. The molecule has 3 heteroatoms. The van der Waals surface area contributed by atoms with Gasteiger partial charge in [0, 0.05) is 44.7 Å². The van der Waals surface area contributed by atoms with E-state index in [1.54, 1.807) is 0 Å². The van der Waals surface area contributed by atoms with Crippen molar-refractivity contribution >= 4 is 44.5 Å². The first kappa shape index (κ1) is 13.6. The minimum atomic E-state index is 0.425. The lowest BCUT2D eigenvalue weighted by atomic mass is 10.1. The third kappa shape index (κ3) is 1.87. The predicted octanol–water partition coefficient (Wildman–Crippen LogP) is 6.12. The number of rotatable bonds is 1. The number of aromatic amines is 1. The molecule has 2 aromatic heterocycles. The van der Waals surface area contributed by atoms with E-state index in [-0.39, 0.29) is 0 Å². The molecule has 25 heavy (non-hydrogen) atoms. The second-order valence-electron chi connectivity index (χ2n) is 6.70. The lowest BCUT2D eigenvalue weighted by Gasteiger charge is -2.13. The van der Waals surface area contributed by atoms with Crippen molar-refractivity contribution in [3.63, 3.8) is 0 Å². The summed E-state index contributed by atoms with van der Waals surface area (Å²) in [6.07, 6.45) is 3.35. The first-order chi connectivity index (χ1) is 12.4. The van der Waals surface area contributed by atoms with Crippen LogP contribution in [0.3, 0.4) is 0 Å². The molecular weight excluding hydrogens is 324 g/mol. The summed E-state index contributed by atoms with van der Waals surface area (Å²) in [5, 5.41) is 4.39. The highest BCUT2D eigenvalue weighted by Gasteiger charge is 2.25. The Kier molecular flexibility index (Phi) is 2.69. The average molecular weight is 340 g/mol. The summed E-state index contributed by atoms with van der Waals surface area (Å²) in [6.45, 7) is 0. The number of benzene rings is 3. The molecule has 0 amide bonds. The zero-order valence-corrected chi connectivity index (χ0v) is 14.4. The lowest BCUT2D eigenvalue weighted by Crippen LogP contribution is -2.02. The monoisotopic (exact) mass is 340 g/mol. The molecule has 1 N–H and O–H groups in total. The molecule has 1 unspecified atom stereocenters. The van der Waals surface area contributed by atoms with Gasteiger partial charge in [-0.1, -0.05) is 42.5 Å². The minimum absolute atomic E-state index is 0.425. The number of thioether (sulfide) groups is 1. The third-order valence-electron chi connectivity index (χ3n) is 5.29. The van der Waals surface area contributed by atoms with Crippen LogP contribution in [0.15, 0.2) is 77.8 Å². The van der Waals surface area contributed by atoms with E-state index in [1.807, 2.05) is 11.8 Å². The van der Waals surface area contributed by atoms with Gasteiger partial charge in [-0.3, -0.25) is 0 Å². The van der Waals surface area contributed by atoms with Crippen LogP contribution in [0.1, 0.15) is 10.9 Å². The number of H-pyrrole nitrogens is 1. The van der Waals surface area contributed by atoms with Gasteiger partial charge in [-0.25, -0.2) is 0 Å². The quantitative estimate of drug-likeness (QED) is 0.390. The largest absolute Gasteiger partial charge is 0.354 e. The number of hydrogen-bond acceptors (Lipinski definition) is 1. The van der Waals surface area contributed by atoms with E-state index in [4.69, 9.17) is 0 Å². The van der Waals surface area contributed by atoms with Crippen LogP contribution in [0.4, 0.5) is 0 Å². The van der Waals surface area contributed by atoms with Crippen LogP contribution in [0, 0.1) is 0 Å². The lowest BCUT2D eigenvalue weighted by molar-refractivity contribution is 0.714. The molecule has 0 saturated carbocycles. The molecule has 1 aliphatic heterocycles. The summed E-state index contributed by atoms with van der Waals surface area (Å²) in [6, 6.07) is 24.1. The third-order valence-corrected chi connectivity index (χ3v) is 6.61. The molecule has 1 atom stereocenters. The van der Waals surface area contributed by atoms with Crippen LogP contribution >= 0.6 is 11.8 Å². The van der Waals surface area contributed by atoms with Crippen molar-refractivity contribution in [1.82, 2.24) is 9.55 Å². The molecule has 3 heterocycles. The Bertz CT molecular complexity index is 1240. The van der Waals surface area contributed by atoms with E-state index >= 15 is 0 Å². The summed E-state index contributed by atoms with van der Waals surface area (Å²) in [7, 11) is 0. The first-order valence-electron chi connectivity index (χ1n) is 8.63. The maximum atomic E-state index is 3.57. The maximum Gasteiger partial charge on any atom is 0.0880 e. The second kappa shape index (κ2) is 4.93. The van der Waals surface area contributed by atoms with Gasteiger partial charge in [-0.05, 0) is 29.8 Å². The Morgan fingerprint density at radius 2 is 1.76 bits per heavy atom. The normalized spacial score (nSPS) is 16.9. The molecule has 0 aliphatic carbocycles. The molecule has 0 fully saturated rings. The summed E-state index contributed by atoms with van der Waals surface area (Å²) in [4.78, 5) is 4.99. The van der Waals surface area contributed by atoms with Gasteiger partial charge >= 0.3 is 0 Å². The average Bonchev–Trinajstić information content (AvgIpc) is 3.34. The Balaban J connectivity index is 1.64. The number of nitrogens with one attached hydrogen (secondary N) is 1. The molecule has 0 radical (unpaired) electrons. The SMILES string of the molecule is c1ccc2c(c1)CC(n1ccc3ccc4[nH]c5ccccc5c4c31)S2. The highest BCUT2D eigenvalue weighted by molar-refractivity contribution is 7.99. The molecule has 0 spiro atoms. The molecule has 2 nitrogen and oxygen atoms in total. The van der Waals surface area contributed by atoms with Crippen molar-refractivity contribution in [2.45, 2.75) is 16.7 Å². The van der Waals surface area contributed by atoms with Crippen LogP contribution in [-0.2, 0) is 6.42 Å². The summed E-state index contributed by atoms with van der Waals surface area (Å²) < 4.78 is 2.47. The molecule has 0 saturated heterocycles. The van der Waals surface area contributed by atoms with Crippen LogP contribution in [0.25, 0.3) is 32.7 Å². The highest BCUT2D eigenvalue weighted by Crippen LogP contribution is 2.45. The van der Waals surface area contributed by atoms with E-state index in [1.165, 1.54) is 43.2 Å². The zero-order chi connectivity index (χ0) is 16.4. The van der Waals surface area contributed by atoms with Gasteiger partial charge in [0.25, 0.3) is 0 Å². The molecule has 120 valence electrons. The van der Waals surface area contributed by atoms with Gasteiger partial charge in [0.05, 0.1) is 10.9 Å². The highest BCUT2D eigenvalue weighted by atomic mass is 32.2. The predicted molar refractivity (Wildman–Crippen MR) is 106 cm³/mol. The van der Waals surface area contributed by atoms with Gasteiger partial charge in [-0.15, -0.1) is 11.8 Å². The zero-order valence-electron chi connectivity index (χ0n) is 13.6. The van der Waals surface area contributed by atoms with Crippen molar-refractivity contribution in [2.24, 2.45) is 0 Å². The van der Waals surface area contributed by atoms with E-state index < -0.39 is 0 Å². The second-order valence-corrected chi connectivity index (χ2v) is 7.92. The van der Waals surface area contributed by atoms with Crippen molar-refractivity contribution in [1.29, 1.82) is 0 Å². The molecule has 1 aliphatic rings. The standard InChI is InChI=1S/C22H16N2S/c1-4-8-19-15(5-1)13-20(25-19)24-12-11-14-9-10-18-21(22(14)24)16-6-2-3-7-17(16)23-18/h1-12,20,23H,13H2. The number of fused-ring (bicyclic) bond motifs is 6. The van der Waals surface area contributed by atoms with E-state index in [2.05, 4.69) is 82.5 Å². The van der Waals surface area contributed by atoms with Crippen LogP contribution in [0.2, 0.25) is 0 Å². The van der Waals surface area contributed by atoms with E-state index in [0.29, 0.717) is 5.37 Å². The Labute approximate surface area is 149 Å². The number of hydrogen-bond donors (Lipinski definition) is 1. The summed E-state index contributed by atoms with van der Waals surface area (Å²) in [5.41, 5.74) is 5.24. The Morgan fingerprint density at radius 3 is 2.72 bits per heavy atom. The summed E-state index contributed by atoms with van der Waals surface area (Å²) >= 11 is 1.98. The van der Waals surface area contributed by atoms with Crippen molar-refractivity contribution < 1.29 is 0 Å². The Hall–Kier alpha value is -2.65. The molecule has 0 bridgehead atoms. The van der Waals surface area contributed by atoms with Crippen LogP contribution in [-0.4, -0.2) is 9.55 Å². The number of nitrogens with zero attached hydrogens (tertiary/aromatic N) is 1. The van der Waals surface area contributed by atoms with Gasteiger partial charge < -0.3 is 9.55 Å². The van der Waals surface area contributed by atoms with E-state index in [9.17, 15) is 0 Å². The van der Waals surface area contributed by atoms with E-state index in [0.717, 1.165) is 6.42 Å². The molecule has 3 aromatic carbocycles. The smallest absolute Gasteiger partial charge is 0.0880 e. The van der Waals surface area contributed by atoms with Gasteiger partial charge in [0.1, 0.15) is 0 Å². The first-order valence-corrected chi connectivity index (χ1v) is 9.51. The molecular formula is C22H16N2S. The van der Waals surface area contributed by atoms with Gasteiger partial charge in [-0.2, -0.15) is 0 Å². The van der Waals surface area contributed by atoms with Gasteiger partial charge in [0.15, 0.2) is 0 Å².